The molecule has 2 rings (SSSR count). The fraction of sp³-hybridized carbons (Fsp3) is 0.562. The molecule has 0 bridgehead atoms. The van der Waals surface area contributed by atoms with Crippen LogP contribution in [0.25, 0.3) is 0 Å². The summed E-state index contributed by atoms with van der Waals surface area (Å²) in [4.78, 5) is 12.4. The zero-order valence-corrected chi connectivity index (χ0v) is 13.5. The number of hydrogen-bond donors (Lipinski definition) is 2. The van der Waals surface area contributed by atoms with Gasteiger partial charge in [-0.1, -0.05) is 41.4 Å². The molecule has 0 aliphatic heterocycles. The molecule has 110 valence electrons. The number of nitrogens with one attached hydrogen (secondary N) is 1. The van der Waals surface area contributed by atoms with Crippen LogP contribution in [0.5, 0.6) is 0 Å². The predicted molar refractivity (Wildman–Crippen MR) is 85.2 cm³/mol. The van der Waals surface area contributed by atoms with Crippen molar-refractivity contribution >= 4 is 21.8 Å². The third kappa shape index (κ3) is 3.61. The number of hydrogen-bond acceptors (Lipinski definition) is 2. The Morgan fingerprint density at radius 3 is 2.70 bits per heavy atom. The first kappa shape index (κ1) is 15.5. The van der Waals surface area contributed by atoms with Crippen molar-refractivity contribution in [1.82, 2.24) is 5.32 Å². The van der Waals surface area contributed by atoms with Crippen molar-refractivity contribution in [2.75, 3.05) is 6.54 Å². The summed E-state index contributed by atoms with van der Waals surface area (Å²) < 4.78 is 1.06. The topological polar surface area (TPSA) is 55.1 Å². The fourth-order valence-corrected chi connectivity index (χ4v) is 3.32. The molecule has 1 fully saturated rings. The standard InChI is InChI=1S/C16H23BrN2O/c1-2-15(11-6-8-13(17)9-7-11)19-16(20)14-5-3-4-12(14)10-18/h6-9,12,14-15H,2-5,10,18H2,1H3,(H,19,20). The normalized spacial score (nSPS) is 23.6. The van der Waals surface area contributed by atoms with Crippen molar-refractivity contribution in [3.8, 4) is 0 Å². The molecule has 1 aromatic rings. The van der Waals surface area contributed by atoms with Crippen LogP contribution in [-0.2, 0) is 4.79 Å². The summed E-state index contributed by atoms with van der Waals surface area (Å²) in [5.74, 6) is 0.634. The van der Waals surface area contributed by atoms with Crippen LogP contribution in [-0.4, -0.2) is 12.5 Å². The SMILES string of the molecule is CCC(NC(=O)C1CCCC1CN)c1ccc(Br)cc1. The van der Waals surface area contributed by atoms with Crippen LogP contribution in [0.4, 0.5) is 0 Å². The molecule has 1 aliphatic carbocycles. The van der Waals surface area contributed by atoms with E-state index in [0.29, 0.717) is 12.5 Å². The molecule has 0 saturated heterocycles. The van der Waals surface area contributed by atoms with Crippen molar-refractivity contribution in [2.24, 2.45) is 17.6 Å². The number of benzene rings is 1. The van der Waals surface area contributed by atoms with Crippen molar-refractivity contribution in [2.45, 2.75) is 38.6 Å². The highest BCUT2D eigenvalue weighted by Crippen LogP contribution is 2.32. The van der Waals surface area contributed by atoms with E-state index in [4.69, 9.17) is 5.73 Å². The van der Waals surface area contributed by atoms with Crippen molar-refractivity contribution in [3.05, 3.63) is 34.3 Å². The van der Waals surface area contributed by atoms with E-state index in [9.17, 15) is 4.79 Å². The molecule has 1 aromatic carbocycles. The summed E-state index contributed by atoms with van der Waals surface area (Å²) in [5.41, 5.74) is 6.93. The summed E-state index contributed by atoms with van der Waals surface area (Å²) in [6.07, 6.45) is 4.08. The van der Waals surface area contributed by atoms with Gasteiger partial charge in [-0.05, 0) is 49.4 Å². The maximum Gasteiger partial charge on any atom is 0.223 e. The Hall–Kier alpha value is -0.870. The molecule has 1 saturated carbocycles. The number of rotatable bonds is 5. The Balaban J connectivity index is 2.02. The van der Waals surface area contributed by atoms with E-state index in [1.807, 2.05) is 12.1 Å². The van der Waals surface area contributed by atoms with Gasteiger partial charge < -0.3 is 11.1 Å². The van der Waals surface area contributed by atoms with Crippen LogP contribution in [0, 0.1) is 11.8 Å². The van der Waals surface area contributed by atoms with Crippen molar-refractivity contribution < 1.29 is 4.79 Å². The molecule has 0 aromatic heterocycles. The first-order valence-corrected chi connectivity index (χ1v) is 8.21. The summed E-state index contributed by atoms with van der Waals surface area (Å²) in [7, 11) is 0. The van der Waals surface area contributed by atoms with E-state index in [2.05, 4.69) is 40.3 Å². The molecule has 3 atom stereocenters. The summed E-state index contributed by atoms with van der Waals surface area (Å²) in [6.45, 7) is 2.72. The molecule has 20 heavy (non-hydrogen) atoms. The van der Waals surface area contributed by atoms with Gasteiger partial charge in [0.1, 0.15) is 0 Å². The second-order valence-electron chi connectivity index (χ2n) is 5.55. The van der Waals surface area contributed by atoms with Gasteiger partial charge in [0.15, 0.2) is 0 Å². The van der Waals surface area contributed by atoms with Crippen LogP contribution in [0.15, 0.2) is 28.7 Å². The van der Waals surface area contributed by atoms with E-state index in [1.165, 1.54) is 0 Å². The molecule has 1 amide bonds. The first-order valence-electron chi connectivity index (χ1n) is 7.41. The quantitative estimate of drug-likeness (QED) is 0.864. The first-order chi connectivity index (χ1) is 9.65. The number of amides is 1. The Labute approximate surface area is 129 Å². The maximum atomic E-state index is 12.4. The van der Waals surface area contributed by atoms with Gasteiger partial charge in [0.2, 0.25) is 5.91 Å². The zero-order valence-electron chi connectivity index (χ0n) is 11.9. The molecule has 3 unspecified atom stereocenters. The minimum absolute atomic E-state index is 0.0922. The molecular weight excluding hydrogens is 316 g/mol. The van der Waals surface area contributed by atoms with Crippen molar-refractivity contribution in [1.29, 1.82) is 0 Å². The van der Waals surface area contributed by atoms with Gasteiger partial charge in [0, 0.05) is 10.4 Å². The van der Waals surface area contributed by atoms with Gasteiger partial charge in [0.05, 0.1) is 6.04 Å². The van der Waals surface area contributed by atoms with E-state index >= 15 is 0 Å². The highest BCUT2D eigenvalue weighted by atomic mass is 79.9. The van der Waals surface area contributed by atoms with Gasteiger partial charge in [0.25, 0.3) is 0 Å². The lowest BCUT2D eigenvalue weighted by atomic mass is 9.94. The molecule has 3 N–H and O–H groups in total. The average molecular weight is 339 g/mol. The number of carbonyl (C=O) groups excluding carboxylic acids is 1. The zero-order chi connectivity index (χ0) is 14.5. The monoisotopic (exact) mass is 338 g/mol. The lowest BCUT2D eigenvalue weighted by molar-refractivity contribution is -0.126. The van der Waals surface area contributed by atoms with Crippen molar-refractivity contribution in [3.63, 3.8) is 0 Å². The smallest absolute Gasteiger partial charge is 0.223 e. The summed E-state index contributed by atoms with van der Waals surface area (Å²) in [6, 6.07) is 8.25. The summed E-state index contributed by atoms with van der Waals surface area (Å²) in [5, 5.41) is 3.20. The molecule has 0 spiro atoms. The highest BCUT2D eigenvalue weighted by Gasteiger charge is 2.32. The molecular formula is C16H23BrN2O. The Morgan fingerprint density at radius 1 is 1.40 bits per heavy atom. The summed E-state index contributed by atoms with van der Waals surface area (Å²) >= 11 is 3.44. The minimum atomic E-state index is 0.0922. The van der Waals surface area contributed by atoms with E-state index in [0.717, 1.165) is 35.7 Å². The van der Waals surface area contributed by atoms with E-state index < -0.39 is 0 Å². The Bertz CT molecular complexity index is 446. The molecule has 3 nitrogen and oxygen atoms in total. The van der Waals surface area contributed by atoms with Crippen LogP contribution in [0.3, 0.4) is 0 Å². The largest absolute Gasteiger partial charge is 0.349 e. The van der Waals surface area contributed by atoms with Crippen LogP contribution in [0.1, 0.15) is 44.2 Å². The van der Waals surface area contributed by atoms with Gasteiger partial charge in [-0.25, -0.2) is 0 Å². The Morgan fingerprint density at radius 2 is 2.10 bits per heavy atom. The lowest BCUT2D eigenvalue weighted by Gasteiger charge is -2.23. The third-order valence-corrected chi connectivity index (χ3v) is 4.82. The highest BCUT2D eigenvalue weighted by molar-refractivity contribution is 9.10. The van der Waals surface area contributed by atoms with Gasteiger partial charge in [-0.2, -0.15) is 0 Å². The molecule has 1 aliphatic rings. The number of carbonyl (C=O) groups is 1. The van der Waals surface area contributed by atoms with Crippen LogP contribution >= 0.6 is 15.9 Å². The minimum Gasteiger partial charge on any atom is -0.349 e. The third-order valence-electron chi connectivity index (χ3n) is 4.30. The molecule has 4 heteroatoms. The van der Waals surface area contributed by atoms with E-state index in [1.54, 1.807) is 0 Å². The van der Waals surface area contributed by atoms with Gasteiger partial charge >= 0.3 is 0 Å². The average Bonchev–Trinajstić information content (AvgIpc) is 2.94. The van der Waals surface area contributed by atoms with Gasteiger partial charge in [-0.3, -0.25) is 4.79 Å². The second-order valence-corrected chi connectivity index (χ2v) is 6.47. The molecule has 0 radical (unpaired) electrons. The number of halogens is 1. The fourth-order valence-electron chi connectivity index (χ4n) is 3.06. The lowest BCUT2D eigenvalue weighted by Crippen LogP contribution is -2.37. The van der Waals surface area contributed by atoms with Crippen LogP contribution < -0.4 is 11.1 Å². The molecule has 0 heterocycles. The van der Waals surface area contributed by atoms with Crippen LogP contribution in [0.2, 0.25) is 0 Å². The maximum absolute atomic E-state index is 12.4. The van der Waals surface area contributed by atoms with Gasteiger partial charge in [-0.15, -0.1) is 0 Å². The Kier molecular flexibility index (Phi) is 5.61. The predicted octanol–water partition coefficient (Wildman–Crippen LogP) is 3.39. The second kappa shape index (κ2) is 7.23. The van der Waals surface area contributed by atoms with E-state index in [-0.39, 0.29) is 17.9 Å². The number of nitrogens with two attached hydrogens (primary N) is 1.